The van der Waals surface area contributed by atoms with Crippen LogP contribution in [-0.2, 0) is 13.0 Å². The van der Waals surface area contributed by atoms with Crippen LogP contribution >= 0.6 is 23.4 Å². The zero-order valence-electron chi connectivity index (χ0n) is 20.9. The van der Waals surface area contributed by atoms with Crippen molar-refractivity contribution in [2.75, 3.05) is 18.1 Å². The lowest BCUT2D eigenvalue weighted by Crippen LogP contribution is -2.31. The molecule has 0 radical (unpaired) electrons. The van der Waals surface area contributed by atoms with E-state index in [0.717, 1.165) is 32.4 Å². The topological polar surface area (TPSA) is 58.6 Å². The Hall–Kier alpha value is -3.74. The maximum Gasteiger partial charge on any atom is 0.259 e. The van der Waals surface area contributed by atoms with Crippen LogP contribution in [0.15, 0.2) is 101 Å². The third-order valence-corrected chi connectivity index (χ3v) is 7.68. The van der Waals surface area contributed by atoms with Gasteiger partial charge in [-0.15, -0.1) is 0 Å². The molecule has 0 bridgehead atoms. The zero-order chi connectivity index (χ0) is 26.5. The van der Waals surface area contributed by atoms with Gasteiger partial charge in [-0.3, -0.25) is 9.59 Å². The molecule has 0 atom stereocenters. The van der Waals surface area contributed by atoms with E-state index in [1.54, 1.807) is 16.7 Å². The van der Waals surface area contributed by atoms with Crippen LogP contribution in [0.4, 0.5) is 5.69 Å². The number of nitrogens with zero attached hydrogens (tertiary/aromatic N) is 1. The molecule has 0 spiro atoms. The number of hydrogen-bond donors (Lipinski definition) is 1. The van der Waals surface area contributed by atoms with Crippen LogP contribution in [0.25, 0.3) is 0 Å². The summed E-state index contributed by atoms with van der Waals surface area (Å²) in [7, 11) is 0. The highest BCUT2D eigenvalue weighted by atomic mass is 35.5. The molecule has 4 aromatic rings. The van der Waals surface area contributed by atoms with Crippen LogP contribution in [0.2, 0.25) is 5.02 Å². The molecule has 5 rings (SSSR count). The number of rotatable bonds is 8. The van der Waals surface area contributed by atoms with Crippen molar-refractivity contribution in [3.63, 3.8) is 0 Å². The molecule has 0 aromatic heterocycles. The van der Waals surface area contributed by atoms with Crippen molar-refractivity contribution < 1.29 is 14.3 Å². The largest absolute Gasteiger partial charge is 0.494 e. The van der Waals surface area contributed by atoms with Crippen molar-refractivity contribution in [3.8, 4) is 5.75 Å². The van der Waals surface area contributed by atoms with Gasteiger partial charge in [0, 0.05) is 26.9 Å². The molecule has 192 valence electrons. The average molecular weight is 543 g/mol. The van der Waals surface area contributed by atoms with Crippen molar-refractivity contribution in [1.29, 1.82) is 0 Å². The number of fused-ring (bicyclic) bond motifs is 2. The minimum absolute atomic E-state index is 0.0963. The number of carbonyl (C=O) groups is 2. The van der Waals surface area contributed by atoms with E-state index in [0.29, 0.717) is 42.3 Å². The normalized spacial score (nSPS) is 12.4. The first-order valence-corrected chi connectivity index (χ1v) is 13.7. The van der Waals surface area contributed by atoms with Gasteiger partial charge in [0.1, 0.15) is 5.75 Å². The van der Waals surface area contributed by atoms with E-state index in [4.69, 9.17) is 16.3 Å². The van der Waals surface area contributed by atoms with Crippen molar-refractivity contribution in [3.05, 3.63) is 118 Å². The van der Waals surface area contributed by atoms with E-state index in [2.05, 4.69) is 5.32 Å². The fourth-order valence-electron chi connectivity index (χ4n) is 4.33. The van der Waals surface area contributed by atoms with Crippen LogP contribution < -0.4 is 15.0 Å². The minimum atomic E-state index is -0.179. The summed E-state index contributed by atoms with van der Waals surface area (Å²) in [5.41, 5.74) is 3.94. The van der Waals surface area contributed by atoms with Crippen molar-refractivity contribution in [1.82, 2.24) is 5.32 Å². The van der Waals surface area contributed by atoms with E-state index >= 15 is 0 Å². The molecule has 1 N–H and O–H groups in total. The Morgan fingerprint density at radius 1 is 0.921 bits per heavy atom. The van der Waals surface area contributed by atoms with Gasteiger partial charge in [0.05, 0.1) is 24.4 Å². The molecule has 1 aliphatic rings. The van der Waals surface area contributed by atoms with Crippen molar-refractivity contribution >= 4 is 40.9 Å². The Morgan fingerprint density at radius 3 is 2.42 bits per heavy atom. The highest BCUT2D eigenvalue weighted by Gasteiger charge is 2.28. The molecule has 7 heteroatoms. The SMILES string of the molecule is CCOc1ccc(CN2C(=O)c3ccccc3Sc3ccc(C(=O)NCCc4ccc(Cl)cc4)cc32)cc1. The monoisotopic (exact) mass is 542 g/mol. The standard InChI is InChI=1S/C31H27ClN2O3S/c1-2-37-25-14-9-22(10-15-25)20-34-27-19-23(30(35)33-18-17-21-7-12-24(32)13-8-21)11-16-29(27)38-28-6-4-3-5-26(28)31(34)36/h3-16,19H,2,17-18,20H2,1H3,(H,33,35). The Bertz CT molecular complexity index is 1460. The Labute approximate surface area is 231 Å². The van der Waals surface area contributed by atoms with Gasteiger partial charge in [0.2, 0.25) is 0 Å². The average Bonchev–Trinajstić information content (AvgIpc) is 3.05. The fraction of sp³-hybridized carbons (Fsp3) is 0.161. The predicted molar refractivity (Wildman–Crippen MR) is 153 cm³/mol. The highest BCUT2D eigenvalue weighted by Crippen LogP contribution is 2.42. The molecule has 38 heavy (non-hydrogen) atoms. The summed E-state index contributed by atoms with van der Waals surface area (Å²) in [6.45, 7) is 3.40. The van der Waals surface area contributed by atoms with Crippen LogP contribution in [0.1, 0.15) is 38.8 Å². The van der Waals surface area contributed by atoms with Crippen molar-refractivity contribution in [2.24, 2.45) is 0 Å². The fourth-order valence-corrected chi connectivity index (χ4v) is 5.52. The minimum Gasteiger partial charge on any atom is -0.494 e. The first-order chi connectivity index (χ1) is 18.5. The number of halogens is 1. The number of amides is 2. The smallest absolute Gasteiger partial charge is 0.259 e. The molecule has 0 saturated carbocycles. The second kappa shape index (κ2) is 11.8. The van der Waals surface area contributed by atoms with E-state index < -0.39 is 0 Å². The lowest BCUT2D eigenvalue weighted by atomic mass is 10.1. The second-order valence-corrected chi connectivity index (χ2v) is 10.4. The number of benzene rings is 4. The molecule has 5 nitrogen and oxygen atoms in total. The Kier molecular flexibility index (Phi) is 8.01. The second-order valence-electron chi connectivity index (χ2n) is 8.88. The molecule has 1 heterocycles. The third kappa shape index (κ3) is 5.87. The zero-order valence-corrected chi connectivity index (χ0v) is 22.5. The highest BCUT2D eigenvalue weighted by molar-refractivity contribution is 7.99. The first kappa shape index (κ1) is 25.9. The lowest BCUT2D eigenvalue weighted by molar-refractivity contribution is 0.0950. The van der Waals surface area contributed by atoms with Gasteiger partial charge in [0.25, 0.3) is 11.8 Å². The summed E-state index contributed by atoms with van der Waals surface area (Å²) in [6.07, 6.45) is 0.696. The molecule has 1 aliphatic heterocycles. The maximum absolute atomic E-state index is 13.8. The Balaban J connectivity index is 1.41. The van der Waals surface area contributed by atoms with Crippen LogP contribution in [0, 0.1) is 0 Å². The quantitative estimate of drug-likeness (QED) is 0.260. The van der Waals surface area contributed by atoms with E-state index in [9.17, 15) is 9.59 Å². The summed E-state index contributed by atoms with van der Waals surface area (Å²) in [5, 5.41) is 3.69. The number of ether oxygens (including phenoxy) is 1. The molecule has 0 fully saturated rings. The molecule has 4 aromatic carbocycles. The van der Waals surface area contributed by atoms with E-state index in [1.807, 2.05) is 97.9 Å². The Morgan fingerprint density at radius 2 is 1.66 bits per heavy atom. The molecule has 0 unspecified atom stereocenters. The first-order valence-electron chi connectivity index (χ1n) is 12.5. The molecular weight excluding hydrogens is 516 g/mol. The number of hydrogen-bond acceptors (Lipinski definition) is 4. The van der Waals surface area contributed by atoms with Gasteiger partial charge in [-0.05, 0) is 79.1 Å². The van der Waals surface area contributed by atoms with Crippen LogP contribution in [0.3, 0.4) is 0 Å². The van der Waals surface area contributed by atoms with Gasteiger partial charge in [-0.25, -0.2) is 0 Å². The number of carbonyl (C=O) groups excluding carboxylic acids is 2. The molecule has 2 amide bonds. The summed E-state index contributed by atoms with van der Waals surface area (Å²) in [4.78, 5) is 30.4. The lowest BCUT2D eigenvalue weighted by Gasteiger charge is -2.24. The van der Waals surface area contributed by atoms with E-state index in [1.165, 1.54) is 0 Å². The van der Waals surface area contributed by atoms with Gasteiger partial charge in [-0.2, -0.15) is 0 Å². The predicted octanol–water partition coefficient (Wildman–Crippen LogP) is 7.02. The van der Waals surface area contributed by atoms with Gasteiger partial charge >= 0.3 is 0 Å². The third-order valence-electron chi connectivity index (χ3n) is 6.28. The summed E-state index contributed by atoms with van der Waals surface area (Å²) < 4.78 is 5.57. The summed E-state index contributed by atoms with van der Waals surface area (Å²) >= 11 is 7.51. The molecule has 0 aliphatic carbocycles. The van der Waals surface area contributed by atoms with E-state index in [-0.39, 0.29) is 11.8 Å². The molecular formula is C31H27ClN2O3S. The van der Waals surface area contributed by atoms with Gasteiger partial charge in [-0.1, -0.05) is 59.8 Å². The van der Waals surface area contributed by atoms with Crippen LogP contribution in [0.5, 0.6) is 5.75 Å². The summed E-state index contributed by atoms with van der Waals surface area (Å²) in [5.74, 6) is 0.514. The maximum atomic E-state index is 13.8. The molecule has 0 saturated heterocycles. The number of anilines is 1. The summed E-state index contributed by atoms with van der Waals surface area (Å²) in [6, 6.07) is 28.5. The number of nitrogens with one attached hydrogen (secondary N) is 1. The van der Waals surface area contributed by atoms with Crippen LogP contribution in [-0.4, -0.2) is 25.0 Å². The van der Waals surface area contributed by atoms with Crippen molar-refractivity contribution in [2.45, 2.75) is 29.7 Å². The van der Waals surface area contributed by atoms with Gasteiger partial charge < -0.3 is 15.0 Å². The van der Waals surface area contributed by atoms with Gasteiger partial charge in [0.15, 0.2) is 0 Å².